The molecule has 0 N–H and O–H groups in total. The van der Waals surface area contributed by atoms with Gasteiger partial charge in [-0.2, -0.15) is 0 Å². The summed E-state index contributed by atoms with van der Waals surface area (Å²) in [5, 5.41) is 1.46. The molecule has 5 rings (SSSR count). The molecule has 2 aliphatic rings. The fourth-order valence-corrected chi connectivity index (χ4v) is 4.19. The van der Waals surface area contributed by atoms with E-state index in [-0.39, 0.29) is 11.9 Å². The molecule has 0 aliphatic carbocycles. The zero-order chi connectivity index (χ0) is 19.1. The first kappa shape index (κ1) is 17.4. The fourth-order valence-electron chi connectivity index (χ4n) is 4.00. The lowest BCUT2D eigenvalue weighted by atomic mass is 10.0. The van der Waals surface area contributed by atoms with Gasteiger partial charge in [-0.05, 0) is 54.8 Å². The zero-order valence-electron chi connectivity index (χ0n) is 15.3. The molecule has 1 fully saturated rings. The Balaban J connectivity index is 1.44. The molecule has 2 aromatic carbocycles. The lowest BCUT2D eigenvalue weighted by Gasteiger charge is -2.24. The number of benzene rings is 2. The molecule has 1 atom stereocenters. The summed E-state index contributed by atoms with van der Waals surface area (Å²) in [4.78, 5) is 15.1. The molecule has 1 amide bonds. The minimum atomic E-state index is -0.0954. The van der Waals surface area contributed by atoms with Crippen LogP contribution in [0.25, 0.3) is 11.0 Å². The molecule has 6 heteroatoms. The SMILES string of the molecule is O=C(c1cc2cc(Cl)ccc2o1)N1CCCC1c1ccc2c(c1)OCCCO2. The van der Waals surface area contributed by atoms with Gasteiger partial charge in [0.25, 0.3) is 5.91 Å². The van der Waals surface area contributed by atoms with Crippen LogP contribution < -0.4 is 9.47 Å². The maximum Gasteiger partial charge on any atom is 0.290 e. The van der Waals surface area contributed by atoms with Crippen molar-refractivity contribution >= 4 is 28.5 Å². The second-order valence-corrected chi connectivity index (χ2v) is 7.64. The van der Waals surface area contributed by atoms with E-state index >= 15 is 0 Å². The van der Waals surface area contributed by atoms with Crippen LogP contribution in [0.2, 0.25) is 5.02 Å². The molecule has 1 unspecified atom stereocenters. The van der Waals surface area contributed by atoms with Gasteiger partial charge in [-0.3, -0.25) is 4.79 Å². The number of hydrogen-bond acceptors (Lipinski definition) is 4. The van der Waals surface area contributed by atoms with Gasteiger partial charge in [-0.25, -0.2) is 0 Å². The highest BCUT2D eigenvalue weighted by atomic mass is 35.5. The van der Waals surface area contributed by atoms with Crippen LogP contribution in [0.15, 0.2) is 46.9 Å². The van der Waals surface area contributed by atoms with E-state index < -0.39 is 0 Å². The maximum atomic E-state index is 13.2. The molecule has 1 saturated heterocycles. The third-order valence-corrected chi connectivity index (χ3v) is 5.59. The molecule has 5 nitrogen and oxygen atoms in total. The zero-order valence-corrected chi connectivity index (χ0v) is 16.1. The van der Waals surface area contributed by atoms with Crippen LogP contribution in [0.5, 0.6) is 11.5 Å². The van der Waals surface area contributed by atoms with Gasteiger partial charge >= 0.3 is 0 Å². The molecule has 28 heavy (non-hydrogen) atoms. The minimum absolute atomic E-state index is 0.00135. The first-order valence-corrected chi connectivity index (χ1v) is 9.96. The second kappa shape index (κ2) is 7.06. The Labute approximate surface area is 167 Å². The third-order valence-electron chi connectivity index (χ3n) is 5.36. The van der Waals surface area contributed by atoms with Crippen molar-refractivity contribution < 1.29 is 18.7 Å². The number of nitrogens with zero attached hydrogens (tertiary/aromatic N) is 1. The van der Waals surface area contributed by atoms with Gasteiger partial charge in [0.15, 0.2) is 17.3 Å². The van der Waals surface area contributed by atoms with Crippen molar-refractivity contribution in [3.8, 4) is 11.5 Å². The standard InChI is InChI=1S/C22H20ClNO4/c23-16-5-7-18-15(11-16)13-21(28-18)22(25)24-8-1-3-17(24)14-4-6-19-20(12-14)27-10-2-9-26-19/h4-7,11-13,17H,1-3,8-10H2. The first-order valence-electron chi connectivity index (χ1n) is 9.59. The quantitative estimate of drug-likeness (QED) is 0.594. The van der Waals surface area contributed by atoms with E-state index in [1.807, 2.05) is 29.2 Å². The highest BCUT2D eigenvalue weighted by Crippen LogP contribution is 2.39. The van der Waals surface area contributed by atoms with Crippen LogP contribution in [0.3, 0.4) is 0 Å². The predicted octanol–water partition coefficient (Wildman–Crippen LogP) is 5.22. The number of likely N-dealkylation sites (tertiary alicyclic amines) is 1. The molecule has 3 heterocycles. The fraction of sp³-hybridized carbons (Fsp3) is 0.318. The average molecular weight is 398 g/mol. The number of ether oxygens (including phenoxy) is 2. The Morgan fingerprint density at radius 1 is 1.00 bits per heavy atom. The van der Waals surface area contributed by atoms with E-state index in [1.54, 1.807) is 18.2 Å². The van der Waals surface area contributed by atoms with Gasteiger partial charge in [0.1, 0.15) is 5.58 Å². The van der Waals surface area contributed by atoms with Crippen molar-refractivity contribution in [2.24, 2.45) is 0 Å². The van der Waals surface area contributed by atoms with E-state index in [2.05, 4.69) is 0 Å². The molecule has 0 radical (unpaired) electrons. The first-order chi connectivity index (χ1) is 13.7. The number of carbonyl (C=O) groups is 1. The van der Waals surface area contributed by atoms with Crippen molar-refractivity contribution in [2.45, 2.75) is 25.3 Å². The molecule has 2 aliphatic heterocycles. The van der Waals surface area contributed by atoms with Crippen molar-refractivity contribution in [3.05, 3.63) is 58.8 Å². The average Bonchev–Trinajstić information content (AvgIpc) is 3.28. The van der Waals surface area contributed by atoms with Gasteiger partial charge in [-0.1, -0.05) is 17.7 Å². The number of amides is 1. The van der Waals surface area contributed by atoms with Crippen molar-refractivity contribution in [1.29, 1.82) is 0 Å². The monoisotopic (exact) mass is 397 g/mol. The van der Waals surface area contributed by atoms with Gasteiger partial charge in [0, 0.05) is 23.4 Å². The van der Waals surface area contributed by atoms with E-state index in [0.29, 0.717) is 36.1 Å². The predicted molar refractivity (Wildman–Crippen MR) is 106 cm³/mol. The maximum absolute atomic E-state index is 13.2. The molecule has 0 saturated carbocycles. The summed E-state index contributed by atoms with van der Waals surface area (Å²) in [5.74, 6) is 1.78. The Kier molecular flexibility index (Phi) is 4.40. The van der Waals surface area contributed by atoms with E-state index in [0.717, 1.165) is 41.7 Å². The molecule has 0 bridgehead atoms. The van der Waals surface area contributed by atoms with Gasteiger partial charge in [-0.15, -0.1) is 0 Å². The van der Waals surface area contributed by atoms with Crippen LogP contribution >= 0.6 is 11.6 Å². The molecule has 0 spiro atoms. The smallest absolute Gasteiger partial charge is 0.290 e. The van der Waals surface area contributed by atoms with Crippen molar-refractivity contribution in [3.63, 3.8) is 0 Å². The summed E-state index contributed by atoms with van der Waals surface area (Å²) >= 11 is 6.05. The Morgan fingerprint density at radius 2 is 1.86 bits per heavy atom. The van der Waals surface area contributed by atoms with E-state index in [1.165, 1.54) is 0 Å². The number of fused-ring (bicyclic) bond motifs is 2. The molecule has 1 aromatic heterocycles. The Morgan fingerprint density at radius 3 is 2.75 bits per heavy atom. The summed E-state index contributed by atoms with van der Waals surface area (Å²) in [6.45, 7) is 2.01. The van der Waals surface area contributed by atoms with E-state index in [4.69, 9.17) is 25.5 Å². The Hall–Kier alpha value is -2.66. The number of carbonyl (C=O) groups excluding carboxylic acids is 1. The topological polar surface area (TPSA) is 51.9 Å². The largest absolute Gasteiger partial charge is 0.490 e. The van der Waals surface area contributed by atoms with Crippen molar-refractivity contribution in [1.82, 2.24) is 4.90 Å². The molecule has 3 aromatic rings. The van der Waals surface area contributed by atoms with Crippen LogP contribution in [-0.2, 0) is 0 Å². The third kappa shape index (κ3) is 3.10. The summed E-state index contributed by atoms with van der Waals surface area (Å²) in [5.41, 5.74) is 1.73. The summed E-state index contributed by atoms with van der Waals surface area (Å²) < 4.78 is 17.3. The minimum Gasteiger partial charge on any atom is -0.490 e. The van der Waals surface area contributed by atoms with Gasteiger partial charge in [0.05, 0.1) is 19.3 Å². The number of halogens is 1. The van der Waals surface area contributed by atoms with E-state index in [9.17, 15) is 4.79 Å². The van der Waals surface area contributed by atoms with Gasteiger partial charge in [0.2, 0.25) is 0 Å². The van der Waals surface area contributed by atoms with Crippen molar-refractivity contribution in [2.75, 3.05) is 19.8 Å². The lowest BCUT2D eigenvalue weighted by molar-refractivity contribution is 0.0705. The number of rotatable bonds is 2. The summed E-state index contributed by atoms with van der Waals surface area (Å²) in [6.07, 6.45) is 2.74. The number of furan rings is 1. The number of hydrogen-bond donors (Lipinski definition) is 0. The molecular weight excluding hydrogens is 378 g/mol. The summed E-state index contributed by atoms with van der Waals surface area (Å²) in [6, 6.07) is 13.1. The van der Waals surface area contributed by atoms with Crippen LogP contribution in [0.4, 0.5) is 0 Å². The lowest BCUT2D eigenvalue weighted by Crippen LogP contribution is -2.30. The second-order valence-electron chi connectivity index (χ2n) is 7.21. The van der Waals surface area contributed by atoms with Crippen LogP contribution in [0, 0.1) is 0 Å². The van der Waals surface area contributed by atoms with Crippen LogP contribution in [0.1, 0.15) is 41.4 Å². The normalized spacial score (nSPS) is 19.0. The highest BCUT2D eigenvalue weighted by Gasteiger charge is 2.33. The van der Waals surface area contributed by atoms with Crippen LogP contribution in [-0.4, -0.2) is 30.6 Å². The molecule has 144 valence electrons. The van der Waals surface area contributed by atoms with Gasteiger partial charge < -0.3 is 18.8 Å². The highest BCUT2D eigenvalue weighted by molar-refractivity contribution is 6.31. The summed E-state index contributed by atoms with van der Waals surface area (Å²) in [7, 11) is 0. The Bertz CT molecular complexity index is 1040. The molecular formula is C22H20ClNO4.